The Morgan fingerprint density at radius 2 is 2.05 bits per heavy atom. The summed E-state index contributed by atoms with van der Waals surface area (Å²) < 4.78 is 22.0. The van der Waals surface area contributed by atoms with Gasteiger partial charge in [-0.25, -0.2) is 0 Å². The van der Waals surface area contributed by atoms with Crippen LogP contribution in [-0.2, 0) is 4.74 Å². The van der Waals surface area contributed by atoms with Gasteiger partial charge >= 0.3 is 0 Å². The lowest BCUT2D eigenvalue weighted by Crippen LogP contribution is -2.03. The van der Waals surface area contributed by atoms with E-state index in [2.05, 4.69) is 10.2 Å². The van der Waals surface area contributed by atoms with Gasteiger partial charge in [0.25, 0.3) is 5.89 Å². The van der Waals surface area contributed by atoms with Crippen molar-refractivity contribution in [3.63, 3.8) is 0 Å². The predicted octanol–water partition coefficient (Wildman–Crippen LogP) is 0.919. The van der Waals surface area contributed by atoms with Crippen LogP contribution in [0.15, 0.2) is 33.1 Å². The highest BCUT2D eigenvalue weighted by molar-refractivity contribution is 5.87. The third kappa shape index (κ3) is 2.93. The summed E-state index contributed by atoms with van der Waals surface area (Å²) in [4.78, 5) is 0. The maximum Gasteiger partial charge on any atom is 0.283 e. The second-order valence-corrected chi connectivity index (χ2v) is 4.67. The summed E-state index contributed by atoms with van der Waals surface area (Å²) in [5.74, 6) is 2.18. The summed E-state index contributed by atoms with van der Waals surface area (Å²) in [7, 11) is 0. The molecule has 1 saturated heterocycles. The minimum atomic E-state index is 0. The third-order valence-electron chi connectivity index (χ3n) is 3.09. The highest BCUT2D eigenvalue weighted by Gasteiger charge is 2.23. The molecule has 0 spiro atoms. The Bertz CT molecular complexity index is 762. The molecule has 4 rings (SSSR count). The van der Waals surface area contributed by atoms with Gasteiger partial charge in [-0.1, -0.05) is 6.07 Å². The first-order valence-corrected chi connectivity index (χ1v) is 6.37. The molecule has 1 aliphatic heterocycles. The largest absolute Gasteiger partial charge is 0.490 e. The molecule has 1 fully saturated rings. The van der Waals surface area contributed by atoms with E-state index in [-0.39, 0.29) is 17.1 Å². The van der Waals surface area contributed by atoms with Crippen molar-refractivity contribution in [2.45, 2.75) is 13.0 Å². The average molecular weight is 308 g/mol. The van der Waals surface area contributed by atoms with E-state index < -0.39 is 0 Å². The number of nitrogens with zero attached hydrogens (tertiary/aromatic N) is 2. The first-order chi connectivity index (χ1) is 9.79. The van der Waals surface area contributed by atoms with Crippen LogP contribution in [-0.4, -0.2) is 40.5 Å². The van der Waals surface area contributed by atoms with Crippen LogP contribution in [0.1, 0.15) is 5.89 Å². The quantitative estimate of drug-likeness (QED) is 0.657. The van der Waals surface area contributed by atoms with E-state index >= 15 is 0 Å². The van der Waals surface area contributed by atoms with Crippen molar-refractivity contribution in [2.24, 2.45) is 0 Å². The van der Waals surface area contributed by atoms with Crippen molar-refractivity contribution < 1.29 is 29.3 Å². The smallest absolute Gasteiger partial charge is 0.283 e. The number of hydrogen-bond acceptors (Lipinski definition) is 6. The molecule has 8 nitrogen and oxygen atoms in total. The van der Waals surface area contributed by atoms with Crippen LogP contribution in [0.5, 0.6) is 5.75 Å². The maximum atomic E-state index is 5.75. The Morgan fingerprint density at radius 3 is 2.73 bits per heavy atom. The van der Waals surface area contributed by atoms with E-state index in [1.54, 1.807) is 6.92 Å². The standard InChI is InChI=1S/C14H12N2O4.2H2O/c1-8-15-16-14(19-8)13-5-10-11(18-7-9-6-17-9)3-2-4-12(10)20-13;;/h2-5,9H,6-7H2,1H3;2*1H2/t9-;;/m0../s1. The van der Waals surface area contributed by atoms with Gasteiger partial charge in [0.05, 0.1) is 12.0 Å². The van der Waals surface area contributed by atoms with Gasteiger partial charge in [0.15, 0.2) is 5.76 Å². The Labute approximate surface area is 125 Å². The summed E-state index contributed by atoms with van der Waals surface area (Å²) >= 11 is 0. The number of aromatic nitrogens is 2. The predicted molar refractivity (Wildman–Crippen MR) is 76.7 cm³/mol. The molecule has 3 heterocycles. The summed E-state index contributed by atoms with van der Waals surface area (Å²) in [6.07, 6.45) is 0.218. The van der Waals surface area contributed by atoms with Crippen LogP contribution < -0.4 is 4.74 Å². The summed E-state index contributed by atoms with van der Waals surface area (Å²) in [5, 5.41) is 8.64. The lowest BCUT2D eigenvalue weighted by Gasteiger charge is -2.04. The minimum Gasteiger partial charge on any atom is -0.490 e. The SMILES string of the molecule is Cc1nnc(-c2cc3c(OC[C@@H]4CO4)cccc3o2)o1.O.O. The molecule has 0 unspecified atom stereocenters. The number of fused-ring (bicyclic) bond motifs is 1. The van der Waals surface area contributed by atoms with E-state index in [0.717, 1.165) is 23.3 Å². The van der Waals surface area contributed by atoms with Crippen molar-refractivity contribution >= 4 is 11.0 Å². The van der Waals surface area contributed by atoms with E-state index in [1.807, 2.05) is 24.3 Å². The second kappa shape index (κ2) is 6.14. The van der Waals surface area contributed by atoms with E-state index in [1.165, 1.54) is 0 Å². The lowest BCUT2D eigenvalue weighted by molar-refractivity contribution is 0.265. The number of aryl methyl sites for hydroxylation is 1. The molecule has 0 amide bonds. The van der Waals surface area contributed by atoms with Gasteiger partial charge in [-0.2, -0.15) is 0 Å². The molecular formula is C14H16N2O6. The van der Waals surface area contributed by atoms with Gasteiger partial charge in [-0.15, -0.1) is 10.2 Å². The molecule has 8 heteroatoms. The molecule has 0 saturated carbocycles. The number of hydrogen-bond donors (Lipinski definition) is 0. The van der Waals surface area contributed by atoms with Crippen LogP contribution in [0.2, 0.25) is 0 Å². The molecular weight excluding hydrogens is 292 g/mol. The first-order valence-electron chi connectivity index (χ1n) is 6.37. The van der Waals surface area contributed by atoms with Gasteiger partial charge in [-0.3, -0.25) is 0 Å². The lowest BCUT2D eigenvalue weighted by atomic mass is 10.2. The van der Waals surface area contributed by atoms with Crippen LogP contribution in [0, 0.1) is 6.92 Å². The zero-order chi connectivity index (χ0) is 13.5. The van der Waals surface area contributed by atoms with Crippen LogP contribution >= 0.6 is 0 Å². The summed E-state index contributed by atoms with van der Waals surface area (Å²) in [5.41, 5.74) is 0.727. The van der Waals surface area contributed by atoms with E-state index in [4.69, 9.17) is 18.3 Å². The molecule has 1 aliphatic rings. The Morgan fingerprint density at radius 1 is 1.23 bits per heavy atom. The Hall–Kier alpha value is -2.42. The van der Waals surface area contributed by atoms with Gasteiger partial charge < -0.3 is 29.3 Å². The summed E-state index contributed by atoms with van der Waals surface area (Å²) in [6, 6.07) is 7.52. The molecule has 118 valence electrons. The molecule has 2 aromatic heterocycles. The maximum absolute atomic E-state index is 5.75. The molecule has 0 bridgehead atoms. The monoisotopic (exact) mass is 308 g/mol. The highest BCUT2D eigenvalue weighted by Crippen LogP contribution is 2.33. The zero-order valence-corrected chi connectivity index (χ0v) is 11.8. The molecule has 0 aliphatic carbocycles. The fourth-order valence-electron chi connectivity index (χ4n) is 2.01. The third-order valence-corrected chi connectivity index (χ3v) is 3.09. The number of benzene rings is 1. The van der Waals surface area contributed by atoms with Crippen LogP contribution in [0.4, 0.5) is 0 Å². The fourth-order valence-corrected chi connectivity index (χ4v) is 2.01. The topological polar surface area (TPSA) is 137 Å². The van der Waals surface area contributed by atoms with Crippen molar-refractivity contribution in [1.29, 1.82) is 0 Å². The summed E-state index contributed by atoms with van der Waals surface area (Å²) in [6.45, 7) is 3.07. The van der Waals surface area contributed by atoms with Gasteiger partial charge in [0, 0.05) is 13.0 Å². The van der Waals surface area contributed by atoms with Gasteiger partial charge in [0.1, 0.15) is 24.0 Å². The molecule has 0 radical (unpaired) electrons. The first kappa shape index (κ1) is 16.0. The van der Waals surface area contributed by atoms with Gasteiger partial charge in [0.2, 0.25) is 5.89 Å². The van der Waals surface area contributed by atoms with Crippen molar-refractivity contribution in [3.05, 3.63) is 30.2 Å². The molecule has 22 heavy (non-hydrogen) atoms. The van der Waals surface area contributed by atoms with Crippen LogP contribution in [0.3, 0.4) is 0 Å². The van der Waals surface area contributed by atoms with Crippen molar-refractivity contribution in [2.75, 3.05) is 13.2 Å². The van der Waals surface area contributed by atoms with E-state index in [0.29, 0.717) is 24.1 Å². The average Bonchev–Trinajstić information content (AvgIpc) is 3.00. The normalized spacial score (nSPS) is 16.0. The van der Waals surface area contributed by atoms with E-state index in [9.17, 15) is 0 Å². The molecule has 4 N–H and O–H groups in total. The molecule has 1 aromatic carbocycles. The molecule has 3 aromatic rings. The highest BCUT2D eigenvalue weighted by atomic mass is 16.6. The number of rotatable bonds is 4. The second-order valence-electron chi connectivity index (χ2n) is 4.67. The minimum absolute atomic E-state index is 0. The number of epoxide rings is 1. The Balaban J connectivity index is 0.000000882. The number of ether oxygens (including phenoxy) is 2. The van der Waals surface area contributed by atoms with Crippen molar-refractivity contribution in [1.82, 2.24) is 10.2 Å². The van der Waals surface area contributed by atoms with Gasteiger partial charge in [-0.05, 0) is 12.1 Å². The van der Waals surface area contributed by atoms with Crippen molar-refractivity contribution in [3.8, 4) is 17.4 Å². The van der Waals surface area contributed by atoms with Crippen LogP contribution in [0.25, 0.3) is 22.6 Å². The fraction of sp³-hybridized carbons (Fsp3) is 0.286. The Kier molecular flexibility index (Phi) is 4.45. The number of furan rings is 1. The molecule has 1 atom stereocenters. The zero-order valence-electron chi connectivity index (χ0n) is 11.8.